The van der Waals surface area contributed by atoms with Gasteiger partial charge in [0.2, 0.25) is 0 Å². The van der Waals surface area contributed by atoms with Crippen LogP contribution >= 0.6 is 12.4 Å². The first-order valence-corrected chi connectivity index (χ1v) is 5.69. The first-order chi connectivity index (χ1) is 7.36. The molecule has 5 heteroatoms. The van der Waals surface area contributed by atoms with Gasteiger partial charge in [0.05, 0.1) is 5.69 Å². The molecule has 0 aliphatic carbocycles. The van der Waals surface area contributed by atoms with Gasteiger partial charge in [0.1, 0.15) is 6.26 Å². The van der Waals surface area contributed by atoms with E-state index in [-0.39, 0.29) is 12.4 Å². The van der Waals surface area contributed by atoms with Crippen LogP contribution in [0, 0.1) is 5.41 Å². The summed E-state index contributed by atoms with van der Waals surface area (Å²) in [6.07, 6.45) is 4.32. The lowest BCUT2D eigenvalue weighted by Crippen LogP contribution is -2.29. The molecule has 0 saturated carbocycles. The molecule has 1 atom stereocenters. The van der Waals surface area contributed by atoms with Gasteiger partial charge in [-0.2, -0.15) is 0 Å². The van der Waals surface area contributed by atoms with Gasteiger partial charge < -0.3 is 9.84 Å². The third-order valence-electron chi connectivity index (χ3n) is 3.73. The molecule has 2 fully saturated rings. The minimum atomic E-state index is 0. The maximum atomic E-state index is 4.85. The average Bonchev–Trinajstić information content (AvgIpc) is 2.92. The van der Waals surface area contributed by atoms with Crippen LogP contribution in [-0.2, 0) is 6.54 Å². The van der Waals surface area contributed by atoms with E-state index in [9.17, 15) is 0 Å². The van der Waals surface area contributed by atoms with Crippen LogP contribution in [-0.4, -0.2) is 36.2 Å². The van der Waals surface area contributed by atoms with Gasteiger partial charge >= 0.3 is 0 Å². The number of nitrogens with zero attached hydrogens (tertiary/aromatic N) is 2. The topological polar surface area (TPSA) is 41.3 Å². The van der Waals surface area contributed by atoms with E-state index in [4.69, 9.17) is 4.52 Å². The molecular weight excluding hydrogens is 226 g/mol. The van der Waals surface area contributed by atoms with Crippen molar-refractivity contribution in [2.45, 2.75) is 19.4 Å². The summed E-state index contributed by atoms with van der Waals surface area (Å²) in [7, 11) is 0. The van der Waals surface area contributed by atoms with Gasteiger partial charge in [0.15, 0.2) is 0 Å². The fourth-order valence-electron chi connectivity index (χ4n) is 2.85. The highest BCUT2D eigenvalue weighted by atomic mass is 35.5. The van der Waals surface area contributed by atoms with Crippen LogP contribution in [0.25, 0.3) is 0 Å². The van der Waals surface area contributed by atoms with E-state index in [0.29, 0.717) is 5.41 Å². The van der Waals surface area contributed by atoms with Crippen molar-refractivity contribution in [1.82, 2.24) is 15.4 Å². The standard InChI is InChI=1S/C11H17N3O.ClH/c1-6-15-13-10(1)7-14-5-3-11(9-14)2-4-12-8-11;/h1,6,12H,2-5,7-9H2;1H. The number of halogens is 1. The van der Waals surface area contributed by atoms with Crippen molar-refractivity contribution < 1.29 is 4.52 Å². The Kier molecular flexibility index (Phi) is 3.52. The summed E-state index contributed by atoms with van der Waals surface area (Å²) in [5.74, 6) is 0. The van der Waals surface area contributed by atoms with Crippen molar-refractivity contribution in [3.05, 3.63) is 18.0 Å². The summed E-state index contributed by atoms with van der Waals surface area (Å²) in [5, 5.41) is 7.44. The first-order valence-electron chi connectivity index (χ1n) is 5.69. The molecule has 0 amide bonds. The lowest BCUT2D eigenvalue weighted by Gasteiger charge is -2.22. The lowest BCUT2D eigenvalue weighted by atomic mass is 9.87. The van der Waals surface area contributed by atoms with Crippen molar-refractivity contribution in [3.63, 3.8) is 0 Å². The molecule has 1 N–H and O–H groups in total. The zero-order valence-electron chi connectivity index (χ0n) is 9.32. The predicted molar refractivity (Wildman–Crippen MR) is 63.6 cm³/mol. The van der Waals surface area contributed by atoms with E-state index in [1.165, 1.54) is 39.0 Å². The molecule has 16 heavy (non-hydrogen) atoms. The molecule has 2 aliphatic rings. The maximum absolute atomic E-state index is 4.85. The van der Waals surface area contributed by atoms with Gasteiger partial charge in [0.25, 0.3) is 0 Å². The van der Waals surface area contributed by atoms with E-state index in [0.717, 1.165) is 12.2 Å². The lowest BCUT2D eigenvalue weighted by molar-refractivity contribution is 0.261. The molecule has 4 nitrogen and oxygen atoms in total. The Hall–Kier alpha value is -0.580. The summed E-state index contributed by atoms with van der Waals surface area (Å²) in [4.78, 5) is 2.49. The maximum Gasteiger partial charge on any atom is 0.124 e. The molecule has 3 rings (SSSR count). The van der Waals surface area contributed by atoms with Gasteiger partial charge in [-0.3, -0.25) is 4.90 Å². The third kappa shape index (κ3) is 2.24. The second kappa shape index (κ2) is 4.73. The fourth-order valence-corrected chi connectivity index (χ4v) is 2.85. The Bertz CT molecular complexity index is 322. The van der Waals surface area contributed by atoms with Crippen molar-refractivity contribution in [1.29, 1.82) is 0 Å². The Labute approximate surface area is 102 Å². The summed E-state index contributed by atoms with van der Waals surface area (Å²) in [6.45, 7) is 5.75. The molecule has 1 aromatic heterocycles. The Morgan fingerprint density at radius 1 is 1.50 bits per heavy atom. The predicted octanol–water partition coefficient (Wildman–Crippen LogP) is 1.28. The van der Waals surface area contributed by atoms with E-state index >= 15 is 0 Å². The number of hydrogen-bond donors (Lipinski definition) is 1. The van der Waals surface area contributed by atoms with Gasteiger partial charge in [-0.1, -0.05) is 5.16 Å². The highest BCUT2D eigenvalue weighted by Gasteiger charge is 2.40. The quantitative estimate of drug-likeness (QED) is 0.850. The summed E-state index contributed by atoms with van der Waals surface area (Å²) in [6, 6.07) is 1.96. The summed E-state index contributed by atoms with van der Waals surface area (Å²) in [5.41, 5.74) is 1.61. The summed E-state index contributed by atoms with van der Waals surface area (Å²) < 4.78 is 4.85. The Morgan fingerprint density at radius 2 is 2.44 bits per heavy atom. The van der Waals surface area contributed by atoms with E-state index in [1.807, 2.05) is 6.07 Å². The van der Waals surface area contributed by atoms with Crippen LogP contribution in [0.5, 0.6) is 0 Å². The molecule has 1 aromatic rings. The molecule has 2 aliphatic heterocycles. The second-order valence-electron chi connectivity index (χ2n) is 4.88. The van der Waals surface area contributed by atoms with Crippen LogP contribution in [0.3, 0.4) is 0 Å². The Morgan fingerprint density at radius 3 is 3.12 bits per heavy atom. The van der Waals surface area contributed by atoms with Crippen molar-refractivity contribution >= 4 is 12.4 Å². The van der Waals surface area contributed by atoms with Gasteiger partial charge in [0, 0.05) is 25.7 Å². The molecule has 1 spiro atoms. The second-order valence-corrected chi connectivity index (χ2v) is 4.88. The summed E-state index contributed by atoms with van der Waals surface area (Å²) >= 11 is 0. The number of likely N-dealkylation sites (tertiary alicyclic amines) is 1. The van der Waals surface area contributed by atoms with Gasteiger partial charge in [-0.05, 0) is 31.3 Å². The van der Waals surface area contributed by atoms with E-state index < -0.39 is 0 Å². The molecule has 90 valence electrons. The highest BCUT2D eigenvalue weighted by molar-refractivity contribution is 5.85. The molecule has 3 heterocycles. The van der Waals surface area contributed by atoms with Crippen LogP contribution in [0.1, 0.15) is 18.5 Å². The highest BCUT2D eigenvalue weighted by Crippen LogP contribution is 2.36. The number of hydrogen-bond acceptors (Lipinski definition) is 4. The van der Waals surface area contributed by atoms with Gasteiger partial charge in [-0.25, -0.2) is 0 Å². The van der Waals surface area contributed by atoms with Crippen molar-refractivity contribution in [2.24, 2.45) is 5.41 Å². The van der Waals surface area contributed by atoms with Crippen LogP contribution in [0.2, 0.25) is 0 Å². The zero-order valence-corrected chi connectivity index (χ0v) is 10.1. The average molecular weight is 244 g/mol. The zero-order chi connectivity index (χ0) is 10.1. The first kappa shape index (κ1) is 11.9. The molecular formula is C11H18ClN3O. The SMILES string of the molecule is Cl.c1cc(CN2CCC3(CCNC3)C2)no1. The van der Waals surface area contributed by atoms with Crippen molar-refractivity contribution in [2.75, 3.05) is 26.2 Å². The fraction of sp³-hybridized carbons (Fsp3) is 0.727. The van der Waals surface area contributed by atoms with Crippen LogP contribution in [0.15, 0.2) is 16.9 Å². The normalized spacial score (nSPS) is 29.8. The largest absolute Gasteiger partial charge is 0.364 e. The number of aromatic nitrogens is 1. The number of rotatable bonds is 2. The minimum absolute atomic E-state index is 0. The van der Waals surface area contributed by atoms with E-state index in [1.54, 1.807) is 6.26 Å². The van der Waals surface area contributed by atoms with Crippen LogP contribution in [0.4, 0.5) is 0 Å². The Balaban J connectivity index is 0.000000963. The van der Waals surface area contributed by atoms with Crippen LogP contribution < -0.4 is 5.32 Å². The molecule has 1 unspecified atom stereocenters. The monoisotopic (exact) mass is 243 g/mol. The molecule has 2 saturated heterocycles. The molecule has 0 radical (unpaired) electrons. The minimum Gasteiger partial charge on any atom is -0.364 e. The smallest absolute Gasteiger partial charge is 0.124 e. The molecule has 0 aromatic carbocycles. The molecule has 0 bridgehead atoms. The van der Waals surface area contributed by atoms with Crippen molar-refractivity contribution in [3.8, 4) is 0 Å². The number of nitrogens with one attached hydrogen (secondary N) is 1. The third-order valence-corrected chi connectivity index (χ3v) is 3.73. The van der Waals surface area contributed by atoms with E-state index in [2.05, 4.69) is 15.4 Å². The van der Waals surface area contributed by atoms with Gasteiger partial charge in [-0.15, -0.1) is 12.4 Å².